The standard InChI is InChI=1S/C19H20N2O3/c1-13(2)12-18(22)20-15-6-4-14(5-7-15)19(23)21-16-8-10-17(24-3)11-9-16/h4-12H,1-3H3,(H,20,22)(H,21,23). The van der Waals surface area contributed by atoms with Gasteiger partial charge in [-0.15, -0.1) is 0 Å². The van der Waals surface area contributed by atoms with Crippen molar-refractivity contribution in [2.45, 2.75) is 13.8 Å². The molecule has 5 heteroatoms. The van der Waals surface area contributed by atoms with Crippen molar-refractivity contribution in [3.05, 3.63) is 65.7 Å². The minimum absolute atomic E-state index is 0.189. The molecule has 0 saturated heterocycles. The molecular weight excluding hydrogens is 304 g/mol. The first-order chi connectivity index (χ1) is 11.5. The lowest BCUT2D eigenvalue weighted by molar-refractivity contribution is -0.111. The van der Waals surface area contributed by atoms with Gasteiger partial charge in [-0.3, -0.25) is 9.59 Å². The second kappa shape index (κ2) is 7.97. The van der Waals surface area contributed by atoms with Crippen molar-refractivity contribution >= 4 is 23.2 Å². The number of hydrogen-bond donors (Lipinski definition) is 2. The van der Waals surface area contributed by atoms with E-state index in [-0.39, 0.29) is 11.8 Å². The van der Waals surface area contributed by atoms with Crippen molar-refractivity contribution in [2.24, 2.45) is 0 Å². The van der Waals surface area contributed by atoms with Crippen molar-refractivity contribution in [2.75, 3.05) is 17.7 Å². The van der Waals surface area contributed by atoms with Gasteiger partial charge in [-0.05, 0) is 62.4 Å². The number of carbonyl (C=O) groups excluding carboxylic acids is 2. The van der Waals surface area contributed by atoms with Crippen LogP contribution in [0.3, 0.4) is 0 Å². The van der Waals surface area contributed by atoms with Crippen LogP contribution in [0.5, 0.6) is 5.75 Å². The molecule has 0 bridgehead atoms. The normalized spacial score (nSPS) is 9.79. The highest BCUT2D eigenvalue weighted by molar-refractivity contribution is 6.05. The summed E-state index contributed by atoms with van der Waals surface area (Å²) < 4.78 is 5.08. The van der Waals surface area contributed by atoms with Crippen LogP contribution >= 0.6 is 0 Å². The molecule has 2 aromatic carbocycles. The van der Waals surface area contributed by atoms with Gasteiger partial charge < -0.3 is 15.4 Å². The van der Waals surface area contributed by atoms with Gasteiger partial charge in [0.15, 0.2) is 0 Å². The molecule has 2 amide bonds. The lowest BCUT2D eigenvalue weighted by atomic mass is 10.2. The summed E-state index contributed by atoms with van der Waals surface area (Å²) in [5.41, 5.74) is 2.74. The monoisotopic (exact) mass is 324 g/mol. The highest BCUT2D eigenvalue weighted by atomic mass is 16.5. The zero-order chi connectivity index (χ0) is 17.5. The Hall–Kier alpha value is -3.08. The first kappa shape index (κ1) is 17.3. The molecule has 0 radical (unpaired) electrons. The highest BCUT2D eigenvalue weighted by Gasteiger charge is 2.07. The maximum absolute atomic E-state index is 12.2. The molecule has 0 atom stereocenters. The summed E-state index contributed by atoms with van der Waals surface area (Å²) in [5, 5.41) is 5.55. The number of rotatable bonds is 5. The van der Waals surface area contributed by atoms with Crippen molar-refractivity contribution in [3.8, 4) is 5.75 Å². The van der Waals surface area contributed by atoms with Crippen molar-refractivity contribution in [1.29, 1.82) is 0 Å². The summed E-state index contributed by atoms with van der Waals surface area (Å²) in [4.78, 5) is 23.9. The summed E-state index contributed by atoms with van der Waals surface area (Å²) in [6.45, 7) is 3.71. The van der Waals surface area contributed by atoms with Crippen LogP contribution in [0.4, 0.5) is 11.4 Å². The molecule has 24 heavy (non-hydrogen) atoms. The predicted octanol–water partition coefficient (Wildman–Crippen LogP) is 3.85. The van der Waals surface area contributed by atoms with Crippen LogP contribution in [0.25, 0.3) is 0 Å². The van der Waals surface area contributed by atoms with Crippen molar-refractivity contribution in [1.82, 2.24) is 0 Å². The van der Waals surface area contributed by atoms with E-state index in [1.54, 1.807) is 55.6 Å². The Morgan fingerprint density at radius 3 is 1.96 bits per heavy atom. The number of anilines is 2. The van der Waals surface area contributed by atoms with Crippen LogP contribution in [-0.4, -0.2) is 18.9 Å². The van der Waals surface area contributed by atoms with Crippen LogP contribution in [0, 0.1) is 0 Å². The molecule has 0 aromatic heterocycles. The van der Waals surface area contributed by atoms with Gasteiger partial charge in [-0.2, -0.15) is 0 Å². The van der Waals surface area contributed by atoms with Gasteiger partial charge in [0.1, 0.15) is 5.75 Å². The fourth-order valence-corrected chi connectivity index (χ4v) is 2.02. The molecule has 0 fully saturated rings. The average Bonchev–Trinajstić information content (AvgIpc) is 2.55. The second-order valence-corrected chi connectivity index (χ2v) is 5.47. The molecule has 124 valence electrons. The number of ether oxygens (including phenoxy) is 1. The summed E-state index contributed by atoms with van der Waals surface area (Å²) >= 11 is 0. The van der Waals surface area contributed by atoms with E-state index in [0.29, 0.717) is 16.9 Å². The summed E-state index contributed by atoms with van der Waals surface area (Å²) in [7, 11) is 1.59. The highest BCUT2D eigenvalue weighted by Crippen LogP contribution is 2.16. The van der Waals surface area contributed by atoms with Crippen LogP contribution < -0.4 is 15.4 Å². The molecule has 0 aliphatic heterocycles. The fourth-order valence-electron chi connectivity index (χ4n) is 2.02. The zero-order valence-corrected chi connectivity index (χ0v) is 13.9. The summed E-state index contributed by atoms with van der Waals surface area (Å²) in [5.74, 6) is 0.317. The molecule has 0 unspecified atom stereocenters. The lowest BCUT2D eigenvalue weighted by Gasteiger charge is -2.07. The molecule has 5 nitrogen and oxygen atoms in total. The topological polar surface area (TPSA) is 67.4 Å². The smallest absolute Gasteiger partial charge is 0.255 e. The Bertz CT molecular complexity index is 743. The second-order valence-electron chi connectivity index (χ2n) is 5.47. The number of methoxy groups -OCH3 is 1. The SMILES string of the molecule is COc1ccc(NC(=O)c2ccc(NC(=O)C=C(C)C)cc2)cc1. The van der Waals surface area contributed by atoms with Gasteiger partial charge in [0.2, 0.25) is 5.91 Å². The molecular formula is C19H20N2O3. The van der Waals surface area contributed by atoms with E-state index in [4.69, 9.17) is 4.74 Å². The Morgan fingerprint density at radius 2 is 1.42 bits per heavy atom. The molecule has 0 aliphatic carbocycles. The van der Waals surface area contributed by atoms with E-state index in [1.165, 1.54) is 6.08 Å². The quantitative estimate of drug-likeness (QED) is 0.821. The van der Waals surface area contributed by atoms with E-state index in [9.17, 15) is 9.59 Å². The molecule has 0 saturated carbocycles. The van der Waals surface area contributed by atoms with Gasteiger partial charge in [0, 0.05) is 23.0 Å². The largest absolute Gasteiger partial charge is 0.497 e. The Kier molecular flexibility index (Phi) is 5.73. The fraction of sp³-hybridized carbons (Fsp3) is 0.158. The van der Waals surface area contributed by atoms with Gasteiger partial charge in [0.25, 0.3) is 5.91 Å². The number of benzene rings is 2. The number of carbonyl (C=O) groups is 2. The number of amides is 2. The molecule has 2 N–H and O–H groups in total. The average molecular weight is 324 g/mol. The number of allylic oxidation sites excluding steroid dienone is 1. The third-order valence-electron chi connectivity index (χ3n) is 3.18. The molecule has 2 rings (SSSR count). The molecule has 2 aromatic rings. The Labute approximate surface area is 141 Å². The molecule has 0 spiro atoms. The molecule has 0 aliphatic rings. The van der Waals surface area contributed by atoms with Gasteiger partial charge in [0.05, 0.1) is 7.11 Å². The number of nitrogens with one attached hydrogen (secondary N) is 2. The summed E-state index contributed by atoms with van der Waals surface area (Å²) in [6, 6.07) is 13.8. The Balaban J connectivity index is 2.00. The third kappa shape index (κ3) is 4.98. The van der Waals surface area contributed by atoms with Gasteiger partial charge >= 0.3 is 0 Å². The van der Waals surface area contributed by atoms with E-state index < -0.39 is 0 Å². The van der Waals surface area contributed by atoms with Crippen LogP contribution in [0.2, 0.25) is 0 Å². The first-order valence-corrected chi connectivity index (χ1v) is 7.49. The maximum atomic E-state index is 12.2. The van der Waals surface area contributed by atoms with E-state index in [1.807, 2.05) is 13.8 Å². The van der Waals surface area contributed by atoms with Gasteiger partial charge in [-0.1, -0.05) is 5.57 Å². The zero-order valence-electron chi connectivity index (χ0n) is 13.9. The predicted molar refractivity (Wildman–Crippen MR) is 95.4 cm³/mol. The van der Waals surface area contributed by atoms with Crippen LogP contribution in [0.1, 0.15) is 24.2 Å². The third-order valence-corrected chi connectivity index (χ3v) is 3.18. The van der Waals surface area contributed by atoms with E-state index in [2.05, 4.69) is 10.6 Å². The minimum atomic E-state index is -0.220. The minimum Gasteiger partial charge on any atom is -0.497 e. The Morgan fingerprint density at radius 1 is 0.875 bits per heavy atom. The summed E-state index contributed by atoms with van der Waals surface area (Å²) in [6.07, 6.45) is 1.52. The van der Waals surface area contributed by atoms with Crippen molar-refractivity contribution in [3.63, 3.8) is 0 Å². The van der Waals surface area contributed by atoms with Gasteiger partial charge in [-0.25, -0.2) is 0 Å². The number of hydrogen-bond acceptors (Lipinski definition) is 3. The van der Waals surface area contributed by atoms with Crippen LogP contribution in [0.15, 0.2) is 60.2 Å². The van der Waals surface area contributed by atoms with Crippen molar-refractivity contribution < 1.29 is 14.3 Å². The van der Waals surface area contributed by atoms with E-state index in [0.717, 1.165) is 11.3 Å². The van der Waals surface area contributed by atoms with Crippen LogP contribution in [-0.2, 0) is 4.79 Å². The first-order valence-electron chi connectivity index (χ1n) is 7.49. The maximum Gasteiger partial charge on any atom is 0.255 e. The molecule has 0 heterocycles. The van der Waals surface area contributed by atoms with E-state index >= 15 is 0 Å². The lowest BCUT2D eigenvalue weighted by Crippen LogP contribution is -2.12.